The number of halogens is 1. The Morgan fingerprint density at radius 3 is 2.77 bits per heavy atom. The van der Waals surface area contributed by atoms with Gasteiger partial charge in [-0.25, -0.2) is 0 Å². The van der Waals surface area contributed by atoms with E-state index in [-0.39, 0.29) is 11.9 Å². The van der Waals surface area contributed by atoms with Gasteiger partial charge in [-0.05, 0) is 31.0 Å². The minimum atomic E-state index is -1.21. The van der Waals surface area contributed by atoms with E-state index in [1.54, 1.807) is 29.2 Å². The summed E-state index contributed by atoms with van der Waals surface area (Å²) in [6, 6.07) is 11.0. The average Bonchev–Trinajstić information content (AvgIpc) is 3.14. The molecule has 1 aliphatic rings. The Balaban J connectivity index is 1.85. The molecule has 1 saturated heterocycles. The monoisotopic (exact) mass is 318 g/mol. The molecule has 0 aliphatic carbocycles. The number of aliphatic hydroxyl groups excluding tert-OH is 1. The van der Waals surface area contributed by atoms with E-state index in [1.165, 1.54) is 0 Å². The van der Waals surface area contributed by atoms with Crippen molar-refractivity contribution in [2.45, 2.75) is 25.0 Å². The lowest BCUT2D eigenvalue weighted by atomic mass is 10.1. The highest BCUT2D eigenvalue weighted by Crippen LogP contribution is 2.35. The van der Waals surface area contributed by atoms with Gasteiger partial charge in [-0.15, -0.1) is 0 Å². The van der Waals surface area contributed by atoms with Crippen molar-refractivity contribution < 1.29 is 9.90 Å². The highest BCUT2D eigenvalue weighted by Gasteiger charge is 2.35. The third kappa shape index (κ3) is 2.64. The molecule has 0 radical (unpaired) electrons. The van der Waals surface area contributed by atoms with Gasteiger partial charge >= 0.3 is 0 Å². The molecule has 1 aromatic carbocycles. The van der Waals surface area contributed by atoms with Crippen molar-refractivity contribution in [3.63, 3.8) is 0 Å². The van der Waals surface area contributed by atoms with E-state index in [1.807, 2.05) is 29.9 Å². The van der Waals surface area contributed by atoms with Gasteiger partial charge < -0.3 is 14.6 Å². The highest BCUT2D eigenvalue weighted by molar-refractivity contribution is 6.31. The summed E-state index contributed by atoms with van der Waals surface area (Å²) in [5, 5.41) is 10.8. The molecule has 2 atom stereocenters. The van der Waals surface area contributed by atoms with E-state index in [0.29, 0.717) is 17.1 Å². The van der Waals surface area contributed by atoms with Gasteiger partial charge in [0.05, 0.1) is 6.04 Å². The van der Waals surface area contributed by atoms with Crippen molar-refractivity contribution in [3.8, 4) is 0 Å². The standard InChI is InChI=1S/C17H19ClN2O2/c1-19-10-4-8-14(19)15-9-5-11-20(15)17(22)16(21)12-6-2-3-7-13(12)18/h2-4,6-8,10,15-16,21H,5,9,11H2,1H3/t15-,16-/m1/s1. The first-order chi connectivity index (χ1) is 10.6. The zero-order valence-corrected chi connectivity index (χ0v) is 13.2. The minimum absolute atomic E-state index is 0.0182. The Kier molecular flexibility index (Phi) is 4.23. The predicted molar refractivity (Wildman–Crippen MR) is 85.5 cm³/mol. The van der Waals surface area contributed by atoms with Crippen LogP contribution in [0.1, 0.15) is 36.2 Å². The summed E-state index contributed by atoms with van der Waals surface area (Å²) in [6.45, 7) is 0.663. The molecule has 3 rings (SSSR count). The number of hydrogen-bond acceptors (Lipinski definition) is 2. The first kappa shape index (κ1) is 15.1. The van der Waals surface area contributed by atoms with Crippen LogP contribution in [0.15, 0.2) is 42.6 Å². The van der Waals surface area contributed by atoms with Crippen LogP contribution >= 0.6 is 11.6 Å². The van der Waals surface area contributed by atoms with E-state index in [0.717, 1.165) is 18.5 Å². The van der Waals surface area contributed by atoms with Gasteiger partial charge in [0.1, 0.15) is 0 Å². The summed E-state index contributed by atoms with van der Waals surface area (Å²) < 4.78 is 2.03. The summed E-state index contributed by atoms with van der Waals surface area (Å²) in [6.07, 6.45) is 2.62. The van der Waals surface area contributed by atoms with E-state index in [9.17, 15) is 9.90 Å². The maximum Gasteiger partial charge on any atom is 0.256 e. The Labute approximate surface area is 134 Å². The molecule has 2 aromatic rings. The number of nitrogens with zero attached hydrogens (tertiary/aromatic N) is 2. The SMILES string of the molecule is Cn1cccc1[C@H]1CCCN1C(=O)[C@H](O)c1ccccc1Cl. The van der Waals surface area contributed by atoms with Crippen molar-refractivity contribution in [1.29, 1.82) is 0 Å². The molecular formula is C17H19ClN2O2. The number of likely N-dealkylation sites (tertiary alicyclic amines) is 1. The zero-order chi connectivity index (χ0) is 15.7. The lowest BCUT2D eigenvalue weighted by molar-refractivity contribution is -0.141. The highest BCUT2D eigenvalue weighted by atomic mass is 35.5. The lowest BCUT2D eigenvalue weighted by Crippen LogP contribution is -2.35. The van der Waals surface area contributed by atoms with Crippen LogP contribution < -0.4 is 0 Å². The summed E-state index contributed by atoms with van der Waals surface area (Å²) in [7, 11) is 1.97. The molecule has 0 unspecified atom stereocenters. The number of rotatable bonds is 3. The third-order valence-corrected chi connectivity index (χ3v) is 4.64. The molecule has 2 heterocycles. The molecule has 0 spiro atoms. The molecule has 4 nitrogen and oxygen atoms in total. The van der Waals surface area contributed by atoms with Gasteiger partial charge in [0.15, 0.2) is 6.10 Å². The number of aliphatic hydroxyl groups is 1. The lowest BCUT2D eigenvalue weighted by Gasteiger charge is -2.27. The van der Waals surface area contributed by atoms with Crippen molar-refractivity contribution >= 4 is 17.5 Å². The second-order valence-electron chi connectivity index (χ2n) is 5.66. The van der Waals surface area contributed by atoms with E-state index < -0.39 is 6.10 Å². The number of carbonyl (C=O) groups is 1. The topological polar surface area (TPSA) is 45.5 Å². The van der Waals surface area contributed by atoms with Crippen LogP contribution in [0.25, 0.3) is 0 Å². The fourth-order valence-electron chi connectivity index (χ4n) is 3.15. The third-order valence-electron chi connectivity index (χ3n) is 4.29. The van der Waals surface area contributed by atoms with Gasteiger partial charge in [-0.1, -0.05) is 29.8 Å². The zero-order valence-electron chi connectivity index (χ0n) is 12.4. The molecule has 1 N–H and O–H groups in total. The summed E-state index contributed by atoms with van der Waals surface area (Å²) >= 11 is 6.10. The Bertz CT molecular complexity index is 683. The van der Waals surface area contributed by atoms with Crippen LogP contribution in [0.3, 0.4) is 0 Å². The molecule has 5 heteroatoms. The van der Waals surface area contributed by atoms with Gasteiger partial charge in [-0.2, -0.15) is 0 Å². The fraction of sp³-hybridized carbons (Fsp3) is 0.353. The van der Waals surface area contributed by atoms with Crippen LogP contribution in [0.4, 0.5) is 0 Å². The summed E-state index contributed by atoms with van der Waals surface area (Å²) in [5.74, 6) is -0.281. The molecule has 1 fully saturated rings. The van der Waals surface area contributed by atoms with Crippen LogP contribution in [-0.4, -0.2) is 27.0 Å². The van der Waals surface area contributed by atoms with Crippen molar-refractivity contribution in [2.75, 3.05) is 6.54 Å². The maximum absolute atomic E-state index is 12.7. The Morgan fingerprint density at radius 1 is 1.32 bits per heavy atom. The maximum atomic E-state index is 12.7. The van der Waals surface area contributed by atoms with Crippen LogP contribution in [0, 0.1) is 0 Å². The molecule has 1 amide bonds. The minimum Gasteiger partial charge on any atom is -0.378 e. The molecular weight excluding hydrogens is 300 g/mol. The molecule has 116 valence electrons. The van der Waals surface area contributed by atoms with Crippen molar-refractivity contribution in [3.05, 3.63) is 58.9 Å². The van der Waals surface area contributed by atoms with Gasteiger partial charge in [0.25, 0.3) is 5.91 Å². The van der Waals surface area contributed by atoms with E-state index in [2.05, 4.69) is 0 Å². The number of benzene rings is 1. The number of hydrogen-bond donors (Lipinski definition) is 1. The van der Waals surface area contributed by atoms with Crippen LogP contribution in [0.5, 0.6) is 0 Å². The number of aryl methyl sites for hydroxylation is 1. The quantitative estimate of drug-likeness (QED) is 0.945. The molecule has 22 heavy (non-hydrogen) atoms. The fourth-order valence-corrected chi connectivity index (χ4v) is 3.38. The summed E-state index contributed by atoms with van der Waals surface area (Å²) in [5.41, 5.74) is 1.56. The van der Waals surface area contributed by atoms with Crippen LogP contribution in [0.2, 0.25) is 5.02 Å². The predicted octanol–water partition coefficient (Wildman–Crippen LogP) is 3.08. The number of aromatic nitrogens is 1. The second kappa shape index (κ2) is 6.15. The average molecular weight is 319 g/mol. The number of carbonyl (C=O) groups excluding carboxylic acids is 1. The Hall–Kier alpha value is -1.78. The molecule has 0 bridgehead atoms. The first-order valence-electron chi connectivity index (χ1n) is 7.44. The molecule has 1 aliphatic heterocycles. The largest absolute Gasteiger partial charge is 0.378 e. The van der Waals surface area contributed by atoms with Crippen LogP contribution in [-0.2, 0) is 11.8 Å². The van der Waals surface area contributed by atoms with Gasteiger partial charge in [-0.3, -0.25) is 4.79 Å². The smallest absolute Gasteiger partial charge is 0.256 e. The summed E-state index contributed by atoms with van der Waals surface area (Å²) in [4.78, 5) is 14.5. The van der Waals surface area contributed by atoms with E-state index >= 15 is 0 Å². The molecule has 1 aromatic heterocycles. The normalized spacial score (nSPS) is 19.4. The van der Waals surface area contributed by atoms with Crippen molar-refractivity contribution in [1.82, 2.24) is 9.47 Å². The molecule has 0 saturated carbocycles. The number of amides is 1. The van der Waals surface area contributed by atoms with Crippen molar-refractivity contribution in [2.24, 2.45) is 7.05 Å². The Morgan fingerprint density at radius 2 is 2.09 bits per heavy atom. The first-order valence-corrected chi connectivity index (χ1v) is 7.81. The van der Waals surface area contributed by atoms with Gasteiger partial charge in [0.2, 0.25) is 0 Å². The second-order valence-corrected chi connectivity index (χ2v) is 6.06. The van der Waals surface area contributed by atoms with Gasteiger partial charge in [0, 0.05) is 36.1 Å². The van der Waals surface area contributed by atoms with E-state index in [4.69, 9.17) is 11.6 Å².